The Morgan fingerprint density at radius 3 is 2.13 bits per heavy atom. The Morgan fingerprint density at radius 1 is 1.40 bits per heavy atom. The van der Waals surface area contributed by atoms with Gasteiger partial charge in [-0.05, 0) is 19.8 Å². The third-order valence-electron chi connectivity index (χ3n) is 2.52. The Morgan fingerprint density at radius 2 is 1.93 bits per heavy atom. The van der Waals surface area contributed by atoms with Crippen molar-refractivity contribution in [3.8, 4) is 0 Å². The minimum atomic E-state index is -0.991. The number of carbonyl (C=O) groups is 1. The minimum absolute atomic E-state index is 0.323. The summed E-state index contributed by atoms with van der Waals surface area (Å²) in [5.74, 6) is 0.473. The van der Waals surface area contributed by atoms with Crippen molar-refractivity contribution in [3.05, 3.63) is 0 Å². The van der Waals surface area contributed by atoms with Crippen LogP contribution < -0.4 is 0 Å². The molecule has 0 spiro atoms. The highest BCUT2D eigenvalue weighted by atomic mass is 16.5. The number of esters is 1. The van der Waals surface area contributed by atoms with Crippen LogP contribution in [0.1, 0.15) is 52.9 Å². The lowest BCUT2D eigenvalue weighted by atomic mass is 9.91. The zero-order chi connectivity index (χ0) is 11.7. The number of aliphatic hydroxyl groups is 1. The van der Waals surface area contributed by atoms with Crippen molar-refractivity contribution in [2.24, 2.45) is 5.92 Å². The number of hydrogen-bond acceptors (Lipinski definition) is 3. The van der Waals surface area contributed by atoms with Gasteiger partial charge in [-0.3, -0.25) is 0 Å². The van der Waals surface area contributed by atoms with Crippen molar-refractivity contribution >= 4 is 5.97 Å². The lowest BCUT2D eigenvalue weighted by Crippen LogP contribution is -2.18. The van der Waals surface area contributed by atoms with Gasteiger partial charge < -0.3 is 9.84 Å². The highest BCUT2D eigenvalue weighted by Gasteiger charge is 2.07. The summed E-state index contributed by atoms with van der Waals surface area (Å²) < 4.78 is 4.41. The first-order valence-corrected chi connectivity index (χ1v) is 5.92. The van der Waals surface area contributed by atoms with Crippen molar-refractivity contribution in [2.45, 2.75) is 59.0 Å². The summed E-state index contributed by atoms with van der Waals surface area (Å²) in [4.78, 5) is 10.3. The Bertz CT molecular complexity index is 160. The Balaban J connectivity index is 0.000000262. The van der Waals surface area contributed by atoms with Crippen LogP contribution in [0, 0.1) is 5.92 Å². The molecule has 1 N–H and O–H groups in total. The van der Waals surface area contributed by atoms with Crippen LogP contribution in [-0.4, -0.2) is 23.8 Å². The number of aliphatic hydroxyl groups excluding tert-OH is 1. The van der Waals surface area contributed by atoms with Crippen LogP contribution in [0.2, 0.25) is 0 Å². The molecule has 1 unspecified atom stereocenters. The first-order chi connectivity index (χ1) is 7.07. The zero-order valence-corrected chi connectivity index (χ0v) is 10.2. The van der Waals surface area contributed by atoms with Crippen LogP contribution in [0.5, 0.6) is 0 Å². The van der Waals surface area contributed by atoms with Crippen molar-refractivity contribution in [1.82, 2.24) is 0 Å². The lowest BCUT2D eigenvalue weighted by Gasteiger charge is -2.15. The molecule has 3 nitrogen and oxygen atoms in total. The summed E-state index contributed by atoms with van der Waals surface area (Å²) in [5, 5.41) is 8.48. The molecule has 0 heterocycles. The fourth-order valence-electron chi connectivity index (χ4n) is 1.57. The SMILES string of the molecule is CC1CCCCC1.CCOC(=O)C(C)O. The second-order valence-corrected chi connectivity index (χ2v) is 4.17. The predicted octanol–water partition coefficient (Wildman–Crippen LogP) is 2.52. The molecule has 0 aromatic heterocycles. The molecule has 3 heteroatoms. The molecule has 0 aromatic rings. The van der Waals surface area contributed by atoms with Gasteiger partial charge in [-0.2, -0.15) is 0 Å². The third-order valence-corrected chi connectivity index (χ3v) is 2.52. The van der Waals surface area contributed by atoms with E-state index >= 15 is 0 Å². The molecule has 0 amide bonds. The van der Waals surface area contributed by atoms with E-state index in [0.29, 0.717) is 6.61 Å². The smallest absolute Gasteiger partial charge is 0.334 e. The lowest BCUT2D eigenvalue weighted by molar-refractivity contribution is -0.151. The highest BCUT2D eigenvalue weighted by Crippen LogP contribution is 2.22. The average Bonchev–Trinajstić information content (AvgIpc) is 2.20. The molecular weight excluding hydrogens is 192 g/mol. The van der Waals surface area contributed by atoms with Crippen LogP contribution in [0.3, 0.4) is 0 Å². The first kappa shape index (κ1) is 14.4. The van der Waals surface area contributed by atoms with Gasteiger partial charge in [0, 0.05) is 0 Å². The Hall–Kier alpha value is -0.570. The van der Waals surface area contributed by atoms with Crippen LogP contribution in [0.4, 0.5) is 0 Å². The number of hydrogen-bond donors (Lipinski definition) is 1. The quantitative estimate of drug-likeness (QED) is 0.721. The molecule has 0 bridgehead atoms. The fourth-order valence-corrected chi connectivity index (χ4v) is 1.57. The van der Waals surface area contributed by atoms with Crippen LogP contribution in [0.25, 0.3) is 0 Å². The molecule has 1 fully saturated rings. The fraction of sp³-hybridized carbons (Fsp3) is 0.917. The van der Waals surface area contributed by atoms with E-state index < -0.39 is 12.1 Å². The summed E-state index contributed by atoms with van der Waals surface area (Å²) in [6.45, 7) is 5.75. The molecule has 1 rings (SSSR count). The minimum Gasteiger partial charge on any atom is -0.464 e. The standard InChI is InChI=1S/C7H14.C5H10O3/c1-7-5-3-2-4-6-7;1-3-8-5(7)4(2)6/h7H,2-6H2,1H3;4,6H,3H2,1-2H3. The van der Waals surface area contributed by atoms with E-state index in [1.54, 1.807) is 6.92 Å². The molecule has 15 heavy (non-hydrogen) atoms. The maximum atomic E-state index is 10.3. The predicted molar refractivity (Wildman–Crippen MR) is 60.6 cm³/mol. The van der Waals surface area contributed by atoms with Gasteiger partial charge in [0.25, 0.3) is 0 Å². The molecule has 1 saturated carbocycles. The second kappa shape index (κ2) is 8.72. The Labute approximate surface area is 92.8 Å². The zero-order valence-electron chi connectivity index (χ0n) is 10.2. The summed E-state index contributed by atoms with van der Waals surface area (Å²) in [6.07, 6.45) is 6.45. The van der Waals surface area contributed by atoms with E-state index in [0.717, 1.165) is 5.92 Å². The van der Waals surface area contributed by atoms with Crippen molar-refractivity contribution < 1.29 is 14.6 Å². The monoisotopic (exact) mass is 216 g/mol. The van der Waals surface area contributed by atoms with Crippen molar-refractivity contribution in [2.75, 3.05) is 6.61 Å². The number of ether oxygens (including phenoxy) is 1. The van der Waals surface area contributed by atoms with Gasteiger partial charge in [-0.25, -0.2) is 4.79 Å². The number of rotatable bonds is 2. The van der Waals surface area contributed by atoms with Crippen LogP contribution >= 0.6 is 0 Å². The summed E-state index contributed by atoms with van der Waals surface area (Å²) in [5.41, 5.74) is 0. The molecular formula is C12H24O3. The van der Waals surface area contributed by atoms with Gasteiger partial charge in [0.15, 0.2) is 0 Å². The highest BCUT2D eigenvalue weighted by molar-refractivity contribution is 5.73. The van der Waals surface area contributed by atoms with Gasteiger partial charge in [0.1, 0.15) is 6.10 Å². The van der Waals surface area contributed by atoms with Gasteiger partial charge in [0.2, 0.25) is 0 Å². The molecule has 0 aromatic carbocycles. The van der Waals surface area contributed by atoms with E-state index in [1.165, 1.54) is 39.0 Å². The largest absolute Gasteiger partial charge is 0.464 e. The second-order valence-electron chi connectivity index (χ2n) is 4.17. The van der Waals surface area contributed by atoms with Crippen molar-refractivity contribution in [1.29, 1.82) is 0 Å². The van der Waals surface area contributed by atoms with E-state index in [9.17, 15) is 4.79 Å². The third kappa shape index (κ3) is 8.43. The van der Waals surface area contributed by atoms with E-state index in [4.69, 9.17) is 5.11 Å². The van der Waals surface area contributed by atoms with E-state index in [2.05, 4.69) is 11.7 Å². The summed E-state index contributed by atoms with van der Waals surface area (Å²) in [7, 11) is 0. The average molecular weight is 216 g/mol. The maximum absolute atomic E-state index is 10.3. The Kier molecular flexibility index (Phi) is 8.38. The molecule has 0 saturated heterocycles. The van der Waals surface area contributed by atoms with Crippen LogP contribution in [0.15, 0.2) is 0 Å². The topological polar surface area (TPSA) is 46.5 Å². The molecule has 1 atom stereocenters. The maximum Gasteiger partial charge on any atom is 0.334 e. The molecule has 0 aliphatic heterocycles. The van der Waals surface area contributed by atoms with Gasteiger partial charge in [-0.1, -0.05) is 39.0 Å². The van der Waals surface area contributed by atoms with Gasteiger partial charge >= 0.3 is 5.97 Å². The first-order valence-electron chi connectivity index (χ1n) is 5.92. The van der Waals surface area contributed by atoms with Crippen molar-refractivity contribution in [3.63, 3.8) is 0 Å². The van der Waals surface area contributed by atoms with E-state index in [1.807, 2.05) is 0 Å². The molecule has 0 radical (unpaired) electrons. The van der Waals surface area contributed by atoms with Gasteiger partial charge in [-0.15, -0.1) is 0 Å². The normalized spacial score (nSPS) is 18.7. The molecule has 1 aliphatic rings. The van der Waals surface area contributed by atoms with Gasteiger partial charge in [0.05, 0.1) is 6.61 Å². The molecule has 1 aliphatic carbocycles. The molecule has 90 valence electrons. The summed E-state index contributed by atoms with van der Waals surface area (Å²) >= 11 is 0. The van der Waals surface area contributed by atoms with E-state index in [-0.39, 0.29) is 0 Å². The summed E-state index contributed by atoms with van der Waals surface area (Å²) in [6, 6.07) is 0. The number of carbonyl (C=O) groups excluding carboxylic acids is 1. The van der Waals surface area contributed by atoms with Crippen LogP contribution in [-0.2, 0) is 9.53 Å².